The molecule has 1 aliphatic rings. The molecule has 0 saturated carbocycles. The van der Waals surface area contributed by atoms with E-state index in [1.54, 1.807) is 17.0 Å². The largest absolute Gasteiger partial charge is 0.370 e. The zero-order valence-electron chi connectivity index (χ0n) is 13.8. The topological polar surface area (TPSA) is 57.0 Å². The summed E-state index contributed by atoms with van der Waals surface area (Å²) >= 11 is 1.43. The van der Waals surface area contributed by atoms with E-state index in [0.717, 1.165) is 39.8 Å². The standard InChI is InChI=1S/C18H19N3O2S/c1-4-6-21-10-19-14-12-7-11-9-23-18(3,5-2)8-13(11)20-16(12)24-15(14)17(21)22/h4,7,10H,1,5-6,8-9H2,2-3H3/t18-/m0/s1. The molecule has 6 heteroatoms. The van der Waals surface area contributed by atoms with Gasteiger partial charge in [-0.15, -0.1) is 17.9 Å². The van der Waals surface area contributed by atoms with Gasteiger partial charge in [-0.2, -0.15) is 0 Å². The lowest BCUT2D eigenvalue weighted by molar-refractivity contribution is -0.0573. The third-order valence-electron chi connectivity index (χ3n) is 4.80. The van der Waals surface area contributed by atoms with E-state index in [4.69, 9.17) is 9.72 Å². The smallest absolute Gasteiger partial charge is 0.271 e. The maximum absolute atomic E-state index is 12.6. The van der Waals surface area contributed by atoms with Crippen molar-refractivity contribution < 1.29 is 4.74 Å². The molecule has 0 fully saturated rings. The quantitative estimate of drug-likeness (QED) is 0.685. The summed E-state index contributed by atoms with van der Waals surface area (Å²) < 4.78 is 8.25. The van der Waals surface area contributed by atoms with E-state index < -0.39 is 0 Å². The third kappa shape index (κ3) is 2.29. The molecule has 1 aliphatic heterocycles. The van der Waals surface area contributed by atoms with Gasteiger partial charge < -0.3 is 4.74 Å². The second-order valence-electron chi connectivity index (χ2n) is 6.49. The number of pyridine rings is 1. The zero-order chi connectivity index (χ0) is 16.9. The SMILES string of the molecule is C=CCn1cnc2c(sc3nc4c(cc32)CO[C@@](C)(CC)C4)c1=O. The molecule has 0 unspecified atom stereocenters. The fraction of sp³-hybridized carbons (Fsp3) is 0.389. The Morgan fingerprint density at radius 2 is 2.38 bits per heavy atom. The molecule has 0 amide bonds. The number of rotatable bonds is 3. The average molecular weight is 341 g/mol. The molecule has 0 spiro atoms. The van der Waals surface area contributed by atoms with E-state index in [2.05, 4.69) is 31.5 Å². The van der Waals surface area contributed by atoms with Gasteiger partial charge in [0.2, 0.25) is 0 Å². The van der Waals surface area contributed by atoms with Crippen LogP contribution in [0.1, 0.15) is 31.5 Å². The van der Waals surface area contributed by atoms with Crippen molar-refractivity contribution in [3.8, 4) is 0 Å². The molecule has 0 bridgehead atoms. The molecule has 3 aromatic rings. The molecule has 0 aromatic carbocycles. The predicted octanol–water partition coefficient (Wildman–Crippen LogP) is 3.43. The van der Waals surface area contributed by atoms with Crippen molar-refractivity contribution in [1.82, 2.24) is 14.5 Å². The van der Waals surface area contributed by atoms with Gasteiger partial charge in [-0.25, -0.2) is 9.97 Å². The first kappa shape index (κ1) is 15.5. The fourth-order valence-electron chi connectivity index (χ4n) is 3.10. The van der Waals surface area contributed by atoms with Crippen molar-refractivity contribution in [2.24, 2.45) is 0 Å². The van der Waals surface area contributed by atoms with E-state index in [-0.39, 0.29) is 11.2 Å². The van der Waals surface area contributed by atoms with Crippen molar-refractivity contribution in [2.75, 3.05) is 0 Å². The highest BCUT2D eigenvalue weighted by Crippen LogP contribution is 2.35. The van der Waals surface area contributed by atoms with Crippen LogP contribution in [0.3, 0.4) is 0 Å². The number of allylic oxidation sites excluding steroid dienone is 1. The first-order chi connectivity index (χ1) is 11.5. The Balaban J connectivity index is 1.93. The summed E-state index contributed by atoms with van der Waals surface area (Å²) in [7, 11) is 0. The lowest BCUT2D eigenvalue weighted by Gasteiger charge is -2.33. The van der Waals surface area contributed by atoms with Gasteiger partial charge >= 0.3 is 0 Å². The molecule has 1 atom stereocenters. The number of fused-ring (bicyclic) bond motifs is 4. The van der Waals surface area contributed by atoms with Crippen LogP contribution in [-0.4, -0.2) is 20.1 Å². The summed E-state index contributed by atoms with van der Waals surface area (Å²) in [5.41, 5.74) is 2.73. The molecule has 0 radical (unpaired) electrons. The lowest BCUT2D eigenvalue weighted by Crippen LogP contribution is -2.35. The predicted molar refractivity (Wildman–Crippen MR) is 96.6 cm³/mol. The van der Waals surface area contributed by atoms with Crippen molar-refractivity contribution in [3.05, 3.63) is 46.7 Å². The molecule has 5 nitrogen and oxygen atoms in total. The Labute approximate surface area is 143 Å². The number of hydrogen-bond acceptors (Lipinski definition) is 5. The van der Waals surface area contributed by atoms with Gasteiger partial charge in [0, 0.05) is 23.9 Å². The molecular formula is C18H19N3O2S. The van der Waals surface area contributed by atoms with E-state index in [1.807, 2.05) is 0 Å². The summed E-state index contributed by atoms with van der Waals surface area (Å²) in [4.78, 5) is 22.8. The minimum Gasteiger partial charge on any atom is -0.370 e. The van der Waals surface area contributed by atoms with E-state index in [9.17, 15) is 4.79 Å². The van der Waals surface area contributed by atoms with Crippen molar-refractivity contribution in [1.29, 1.82) is 0 Å². The number of ether oxygens (including phenoxy) is 1. The van der Waals surface area contributed by atoms with Gasteiger partial charge in [0.05, 0.1) is 29.7 Å². The van der Waals surface area contributed by atoms with Gasteiger partial charge in [-0.05, 0) is 19.4 Å². The molecule has 3 aromatic heterocycles. The Hall–Kier alpha value is -2.05. The lowest BCUT2D eigenvalue weighted by atomic mass is 9.91. The maximum Gasteiger partial charge on any atom is 0.271 e. The van der Waals surface area contributed by atoms with Crippen LogP contribution in [0.15, 0.2) is 29.8 Å². The number of nitrogens with zero attached hydrogens (tertiary/aromatic N) is 3. The maximum atomic E-state index is 12.6. The first-order valence-electron chi connectivity index (χ1n) is 8.10. The molecule has 0 saturated heterocycles. The Bertz CT molecular complexity index is 1020. The van der Waals surface area contributed by atoms with Crippen molar-refractivity contribution in [2.45, 2.75) is 45.4 Å². The van der Waals surface area contributed by atoms with Crippen LogP contribution in [-0.2, 0) is 24.3 Å². The van der Waals surface area contributed by atoms with Gasteiger partial charge in [-0.3, -0.25) is 9.36 Å². The molecule has 0 aliphatic carbocycles. The summed E-state index contributed by atoms with van der Waals surface area (Å²) in [6, 6.07) is 2.09. The van der Waals surface area contributed by atoms with E-state index >= 15 is 0 Å². The Kier molecular flexibility index (Phi) is 3.54. The number of hydrogen-bond donors (Lipinski definition) is 0. The van der Waals surface area contributed by atoms with Crippen LogP contribution in [0, 0.1) is 0 Å². The molecule has 4 rings (SSSR count). The summed E-state index contributed by atoms with van der Waals surface area (Å²) in [6.07, 6.45) is 5.04. The third-order valence-corrected chi connectivity index (χ3v) is 5.87. The Morgan fingerprint density at radius 1 is 1.54 bits per heavy atom. The normalized spacial score (nSPS) is 20.4. The van der Waals surface area contributed by atoms with Crippen LogP contribution in [0.25, 0.3) is 20.4 Å². The highest BCUT2D eigenvalue weighted by atomic mass is 32.1. The minimum absolute atomic E-state index is 0.0319. The Morgan fingerprint density at radius 3 is 3.12 bits per heavy atom. The molecule has 0 N–H and O–H groups in total. The van der Waals surface area contributed by atoms with Gasteiger partial charge in [0.25, 0.3) is 5.56 Å². The monoisotopic (exact) mass is 341 g/mol. The minimum atomic E-state index is -0.153. The number of aromatic nitrogens is 3. The van der Waals surface area contributed by atoms with Crippen molar-refractivity contribution in [3.63, 3.8) is 0 Å². The fourth-order valence-corrected chi connectivity index (χ4v) is 4.18. The van der Waals surface area contributed by atoms with Crippen LogP contribution in [0.5, 0.6) is 0 Å². The summed E-state index contributed by atoms with van der Waals surface area (Å²) in [6.45, 7) is 8.97. The van der Waals surface area contributed by atoms with Crippen LogP contribution in [0.4, 0.5) is 0 Å². The summed E-state index contributed by atoms with van der Waals surface area (Å²) in [5, 5.41) is 0.945. The van der Waals surface area contributed by atoms with Gasteiger partial charge in [0.15, 0.2) is 0 Å². The first-order valence-corrected chi connectivity index (χ1v) is 8.91. The second-order valence-corrected chi connectivity index (χ2v) is 7.49. The summed E-state index contributed by atoms with van der Waals surface area (Å²) in [5.74, 6) is 0. The molecular weight excluding hydrogens is 322 g/mol. The average Bonchev–Trinajstić information content (AvgIpc) is 2.94. The zero-order valence-corrected chi connectivity index (χ0v) is 14.7. The molecule has 4 heterocycles. The van der Waals surface area contributed by atoms with Crippen LogP contribution in [0.2, 0.25) is 0 Å². The van der Waals surface area contributed by atoms with E-state index in [0.29, 0.717) is 17.9 Å². The highest BCUT2D eigenvalue weighted by molar-refractivity contribution is 7.25. The highest BCUT2D eigenvalue weighted by Gasteiger charge is 2.30. The van der Waals surface area contributed by atoms with Crippen LogP contribution >= 0.6 is 11.3 Å². The molecule has 124 valence electrons. The van der Waals surface area contributed by atoms with Gasteiger partial charge in [-0.1, -0.05) is 13.0 Å². The molecule has 24 heavy (non-hydrogen) atoms. The van der Waals surface area contributed by atoms with Gasteiger partial charge in [0.1, 0.15) is 9.53 Å². The van der Waals surface area contributed by atoms with Crippen molar-refractivity contribution >= 4 is 31.8 Å². The van der Waals surface area contributed by atoms with E-state index in [1.165, 1.54) is 11.3 Å². The second kappa shape index (κ2) is 5.50. The van der Waals surface area contributed by atoms with Crippen LogP contribution < -0.4 is 5.56 Å². The number of thiophene rings is 1.